The van der Waals surface area contributed by atoms with Crippen molar-refractivity contribution in [1.29, 1.82) is 0 Å². The Labute approximate surface area is 149 Å². The van der Waals surface area contributed by atoms with Gasteiger partial charge in [0.25, 0.3) is 0 Å². The molecule has 2 rings (SSSR count). The summed E-state index contributed by atoms with van der Waals surface area (Å²) in [6, 6.07) is 5.83. The molecule has 5 heteroatoms. The number of benzene rings is 1. The van der Waals surface area contributed by atoms with E-state index in [4.69, 9.17) is 23.2 Å². The standard InChI is InChI=1S/C18H26Cl2N2O/c1-12(2)17(14-6-7-15(19)16(20)10-14)18(23)21-11-13(3)22-8-4-5-9-22/h6-7,10,12-13,17H,4-5,8-9,11H2,1-3H3,(H,21,23). The first-order valence-electron chi connectivity index (χ1n) is 8.37. The molecule has 0 aromatic heterocycles. The minimum atomic E-state index is -0.212. The van der Waals surface area contributed by atoms with Gasteiger partial charge in [-0.25, -0.2) is 0 Å². The van der Waals surface area contributed by atoms with Crippen LogP contribution < -0.4 is 5.32 Å². The van der Waals surface area contributed by atoms with Crippen LogP contribution in [0.2, 0.25) is 10.0 Å². The van der Waals surface area contributed by atoms with Crippen LogP contribution >= 0.6 is 23.2 Å². The lowest BCUT2D eigenvalue weighted by molar-refractivity contribution is -0.123. The van der Waals surface area contributed by atoms with E-state index >= 15 is 0 Å². The van der Waals surface area contributed by atoms with E-state index in [1.54, 1.807) is 12.1 Å². The summed E-state index contributed by atoms with van der Waals surface area (Å²) in [6.45, 7) is 9.24. The van der Waals surface area contributed by atoms with Crippen molar-refractivity contribution in [3.8, 4) is 0 Å². The molecule has 1 aliphatic rings. The summed E-state index contributed by atoms with van der Waals surface area (Å²) in [7, 11) is 0. The van der Waals surface area contributed by atoms with Gasteiger partial charge in [0.15, 0.2) is 0 Å². The monoisotopic (exact) mass is 356 g/mol. The summed E-state index contributed by atoms with van der Waals surface area (Å²) in [4.78, 5) is 15.1. The molecule has 2 unspecified atom stereocenters. The normalized spacial score (nSPS) is 18.2. The van der Waals surface area contributed by atoms with E-state index < -0.39 is 0 Å². The molecule has 0 radical (unpaired) electrons. The van der Waals surface area contributed by atoms with Crippen LogP contribution in [0, 0.1) is 5.92 Å². The molecule has 0 aliphatic carbocycles. The van der Waals surface area contributed by atoms with E-state index in [1.807, 2.05) is 6.07 Å². The van der Waals surface area contributed by atoms with Crippen molar-refractivity contribution in [1.82, 2.24) is 10.2 Å². The Balaban J connectivity index is 2.01. The highest BCUT2D eigenvalue weighted by Crippen LogP contribution is 2.30. The smallest absolute Gasteiger partial charge is 0.227 e. The highest BCUT2D eigenvalue weighted by Gasteiger charge is 2.26. The predicted octanol–water partition coefficient (Wildman–Crippen LogP) is 4.33. The molecule has 2 atom stereocenters. The van der Waals surface area contributed by atoms with Gasteiger partial charge >= 0.3 is 0 Å². The summed E-state index contributed by atoms with van der Waals surface area (Å²) >= 11 is 12.1. The number of rotatable bonds is 6. The van der Waals surface area contributed by atoms with E-state index in [2.05, 4.69) is 31.0 Å². The Morgan fingerprint density at radius 2 is 1.83 bits per heavy atom. The number of carbonyl (C=O) groups is 1. The number of nitrogens with one attached hydrogen (secondary N) is 1. The summed E-state index contributed by atoms with van der Waals surface area (Å²) < 4.78 is 0. The third-order valence-electron chi connectivity index (χ3n) is 4.59. The minimum Gasteiger partial charge on any atom is -0.354 e. The molecule has 128 valence electrons. The molecule has 0 bridgehead atoms. The maximum absolute atomic E-state index is 12.7. The fraction of sp³-hybridized carbons (Fsp3) is 0.611. The Hall–Kier alpha value is -0.770. The molecule has 1 saturated heterocycles. The molecule has 1 heterocycles. The zero-order valence-corrected chi connectivity index (χ0v) is 15.6. The summed E-state index contributed by atoms with van der Waals surface area (Å²) in [5.74, 6) is 0.0364. The van der Waals surface area contributed by atoms with Gasteiger partial charge < -0.3 is 5.32 Å². The zero-order valence-electron chi connectivity index (χ0n) is 14.1. The van der Waals surface area contributed by atoms with E-state index in [1.165, 1.54) is 12.8 Å². The van der Waals surface area contributed by atoms with Crippen LogP contribution in [-0.4, -0.2) is 36.5 Å². The molecular formula is C18H26Cl2N2O. The van der Waals surface area contributed by atoms with Gasteiger partial charge in [0.05, 0.1) is 16.0 Å². The molecule has 1 amide bonds. The fourth-order valence-corrected chi connectivity index (χ4v) is 3.52. The van der Waals surface area contributed by atoms with Gasteiger partial charge in [0.2, 0.25) is 5.91 Å². The van der Waals surface area contributed by atoms with Crippen LogP contribution in [0.5, 0.6) is 0 Å². The number of hydrogen-bond acceptors (Lipinski definition) is 2. The van der Waals surface area contributed by atoms with E-state index in [-0.39, 0.29) is 17.7 Å². The third-order valence-corrected chi connectivity index (χ3v) is 5.33. The number of hydrogen-bond donors (Lipinski definition) is 1. The van der Waals surface area contributed by atoms with Gasteiger partial charge in [-0.3, -0.25) is 9.69 Å². The lowest BCUT2D eigenvalue weighted by Crippen LogP contribution is -2.42. The molecule has 23 heavy (non-hydrogen) atoms. The van der Waals surface area contributed by atoms with Gasteiger partial charge in [0.1, 0.15) is 0 Å². The summed E-state index contributed by atoms with van der Waals surface area (Å²) in [5, 5.41) is 4.13. The molecule has 1 N–H and O–H groups in total. The van der Waals surface area contributed by atoms with Crippen LogP contribution in [0.1, 0.15) is 45.1 Å². The van der Waals surface area contributed by atoms with Gasteiger partial charge in [-0.05, 0) is 56.5 Å². The average Bonchev–Trinajstić information content (AvgIpc) is 3.02. The summed E-state index contributed by atoms with van der Waals surface area (Å²) in [6.07, 6.45) is 2.52. The largest absolute Gasteiger partial charge is 0.354 e. The third kappa shape index (κ3) is 4.85. The van der Waals surface area contributed by atoms with Gasteiger partial charge in [-0.2, -0.15) is 0 Å². The minimum absolute atomic E-state index is 0.0597. The second-order valence-electron chi connectivity index (χ2n) is 6.73. The van der Waals surface area contributed by atoms with E-state index in [0.717, 1.165) is 18.7 Å². The van der Waals surface area contributed by atoms with Gasteiger partial charge in [0, 0.05) is 12.6 Å². The number of nitrogens with zero attached hydrogens (tertiary/aromatic N) is 1. The van der Waals surface area contributed by atoms with Crippen LogP contribution in [0.3, 0.4) is 0 Å². The number of carbonyl (C=O) groups excluding carboxylic acids is 1. The quantitative estimate of drug-likeness (QED) is 0.822. The number of amides is 1. The van der Waals surface area contributed by atoms with Crippen LogP contribution in [0.15, 0.2) is 18.2 Å². The Morgan fingerprint density at radius 3 is 2.39 bits per heavy atom. The van der Waals surface area contributed by atoms with Crippen molar-refractivity contribution < 1.29 is 4.79 Å². The van der Waals surface area contributed by atoms with Crippen molar-refractivity contribution in [2.75, 3.05) is 19.6 Å². The molecule has 1 aliphatic heterocycles. The lowest BCUT2D eigenvalue weighted by Gasteiger charge is -2.26. The number of halogens is 2. The Kier molecular flexibility index (Phi) is 6.75. The van der Waals surface area contributed by atoms with Gasteiger partial charge in [-0.15, -0.1) is 0 Å². The first-order chi connectivity index (χ1) is 10.9. The van der Waals surface area contributed by atoms with E-state index in [0.29, 0.717) is 22.6 Å². The highest BCUT2D eigenvalue weighted by molar-refractivity contribution is 6.42. The van der Waals surface area contributed by atoms with Crippen molar-refractivity contribution in [2.45, 2.75) is 45.6 Å². The molecular weight excluding hydrogens is 331 g/mol. The molecule has 0 saturated carbocycles. The SMILES string of the molecule is CC(C)C(C(=O)NCC(C)N1CCCC1)c1ccc(Cl)c(Cl)c1. The first-order valence-corrected chi connectivity index (χ1v) is 9.12. The maximum Gasteiger partial charge on any atom is 0.227 e. The van der Waals surface area contributed by atoms with E-state index in [9.17, 15) is 4.79 Å². The highest BCUT2D eigenvalue weighted by atomic mass is 35.5. The van der Waals surface area contributed by atoms with Crippen LogP contribution in [0.4, 0.5) is 0 Å². The van der Waals surface area contributed by atoms with Crippen molar-refractivity contribution in [3.05, 3.63) is 33.8 Å². The van der Waals surface area contributed by atoms with Crippen molar-refractivity contribution >= 4 is 29.1 Å². The van der Waals surface area contributed by atoms with Gasteiger partial charge in [-0.1, -0.05) is 43.1 Å². The lowest BCUT2D eigenvalue weighted by atomic mass is 9.87. The summed E-state index contributed by atoms with van der Waals surface area (Å²) in [5.41, 5.74) is 0.917. The van der Waals surface area contributed by atoms with Crippen LogP contribution in [-0.2, 0) is 4.79 Å². The Bertz CT molecular complexity index is 542. The first kappa shape index (κ1) is 18.6. The van der Waals surface area contributed by atoms with Crippen LogP contribution in [0.25, 0.3) is 0 Å². The second kappa shape index (κ2) is 8.36. The zero-order chi connectivity index (χ0) is 17.0. The second-order valence-corrected chi connectivity index (χ2v) is 7.55. The molecule has 0 spiro atoms. The van der Waals surface area contributed by atoms with Crippen molar-refractivity contribution in [2.24, 2.45) is 5.92 Å². The molecule has 1 fully saturated rings. The predicted molar refractivity (Wildman–Crippen MR) is 97.3 cm³/mol. The molecule has 3 nitrogen and oxygen atoms in total. The fourth-order valence-electron chi connectivity index (χ4n) is 3.21. The molecule has 1 aromatic carbocycles. The molecule has 1 aromatic rings. The Morgan fingerprint density at radius 1 is 1.17 bits per heavy atom. The number of likely N-dealkylation sites (tertiary alicyclic amines) is 1. The average molecular weight is 357 g/mol. The van der Waals surface area contributed by atoms with Crippen molar-refractivity contribution in [3.63, 3.8) is 0 Å². The topological polar surface area (TPSA) is 32.3 Å². The maximum atomic E-state index is 12.7.